The van der Waals surface area contributed by atoms with E-state index in [1.807, 2.05) is 9.62 Å². The fourth-order valence-electron chi connectivity index (χ4n) is 3.80. The first kappa shape index (κ1) is 23.1. The summed E-state index contributed by atoms with van der Waals surface area (Å²) < 4.78 is 74.2. The highest BCUT2D eigenvalue weighted by Crippen LogP contribution is 2.31. The van der Waals surface area contributed by atoms with Crippen molar-refractivity contribution in [2.75, 3.05) is 18.0 Å². The van der Waals surface area contributed by atoms with Gasteiger partial charge in [-0.05, 0) is 36.8 Å². The number of rotatable bonds is 6. The van der Waals surface area contributed by atoms with E-state index in [4.69, 9.17) is 4.42 Å². The van der Waals surface area contributed by atoms with Crippen molar-refractivity contribution in [1.29, 1.82) is 0 Å². The van der Waals surface area contributed by atoms with Crippen LogP contribution in [0.25, 0.3) is 11.0 Å². The molecule has 2 heterocycles. The molecule has 0 spiro atoms. The second kappa shape index (κ2) is 8.51. The van der Waals surface area contributed by atoms with E-state index in [9.17, 15) is 26.0 Å². The standard InChI is InChI=1S/C24H19FN2O6S2/c25-19-13-16(27-11-6-12-27)14-20-18(19)15-21(33-20)24(28)26-35(31,32)23-10-5-4-9-22(23)34(29,30)17-7-2-1-3-8-17/h1-5,7-10,13-15H,6,11-12H2,(H,26,28). The molecule has 5 rings (SSSR count). The lowest BCUT2D eigenvalue weighted by Gasteiger charge is -2.33. The van der Waals surface area contributed by atoms with Crippen LogP contribution in [-0.2, 0) is 19.9 Å². The van der Waals surface area contributed by atoms with Gasteiger partial charge in [0.2, 0.25) is 9.84 Å². The average Bonchev–Trinajstić information content (AvgIpc) is 3.23. The first-order valence-corrected chi connectivity index (χ1v) is 13.6. The van der Waals surface area contributed by atoms with Crippen molar-refractivity contribution in [2.24, 2.45) is 0 Å². The van der Waals surface area contributed by atoms with Gasteiger partial charge in [0.15, 0.2) is 5.76 Å². The molecule has 3 aromatic carbocycles. The normalized spacial score (nSPS) is 14.0. The number of benzene rings is 3. The molecule has 0 atom stereocenters. The van der Waals surface area contributed by atoms with Crippen LogP contribution in [0.1, 0.15) is 17.0 Å². The molecule has 0 aliphatic carbocycles. The molecule has 180 valence electrons. The van der Waals surface area contributed by atoms with E-state index in [0.29, 0.717) is 5.69 Å². The molecule has 0 bridgehead atoms. The summed E-state index contributed by atoms with van der Waals surface area (Å²) in [4.78, 5) is 13.5. The molecule has 0 saturated carbocycles. The van der Waals surface area contributed by atoms with Crippen molar-refractivity contribution in [3.63, 3.8) is 0 Å². The number of amides is 1. The first-order chi connectivity index (χ1) is 16.7. The predicted octanol–water partition coefficient (Wildman–Crippen LogP) is 3.73. The molecule has 35 heavy (non-hydrogen) atoms. The summed E-state index contributed by atoms with van der Waals surface area (Å²) in [6.07, 6.45) is 0.991. The van der Waals surface area contributed by atoms with Crippen molar-refractivity contribution in [3.8, 4) is 0 Å². The minimum Gasteiger partial charge on any atom is -0.451 e. The Morgan fingerprint density at radius 2 is 1.54 bits per heavy atom. The van der Waals surface area contributed by atoms with Crippen molar-refractivity contribution in [2.45, 2.75) is 21.1 Å². The number of anilines is 1. The van der Waals surface area contributed by atoms with E-state index in [-0.39, 0.29) is 15.9 Å². The molecule has 1 fully saturated rings. The molecule has 1 amide bonds. The molecule has 8 nitrogen and oxygen atoms in total. The fraction of sp³-hybridized carbons (Fsp3) is 0.125. The van der Waals surface area contributed by atoms with Crippen LogP contribution >= 0.6 is 0 Å². The molecule has 1 aliphatic rings. The number of nitrogens with zero attached hydrogens (tertiary/aromatic N) is 1. The summed E-state index contributed by atoms with van der Waals surface area (Å²) in [5, 5.41) is 0.0314. The molecular weight excluding hydrogens is 495 g/mol. The lowest BCUT2D eigenvalue weighted by Crippen LogP contribution is -2.36. The largest absolute Gasteiger partial charge is 0.451 e. The van der Waals surface area contributed by atoms with Gasteiger partial charge in [0.1, 0.15) is 16.3 Å². The number of carbonyl (C=O) groups is 1. The average molecular weight is 515 g/mol. The zero-order valence-corrected chi connectivity index (χ0v) is 19.8. The zero-order chi connectivity index (χ0) is 24.8. The summed E-state index contributed by atoms with van der Waals surface area (Å²) in [5.74, 6) is -2.18. The summed E-state index contributed by atoms with van der Waals surface area (Å²) in [5.41, 5.74) is 0.705. The Morgan fingerprint density at radius 1 is 0.886 bits per heavy atom. The highest BCUT2D eigenvalue weighted by molar-refractivity contribution is 7.94. The second-order valence-electron chi connectivity index (χ2n) is 7.99. The third kappa shape index (κ3) is 4.17. The van der Waals surface area contributed by atoms with E-state index < -0.39 is 47.1 Å². The Bertz CT molecular complexity index is 1660. The van der Waals surface area contributed by atoms with Gasteiger partial charge >= 0.3 is 5.91 Å². The number of sulfonamides is 1. The number of carbonyl (C=O) groups excluding carboxylic acids is 1. The Labute approximate surface area is 200 Å². The Morgan fingerprint density at radius 3 is 2.20 bits per heavy atom. The molecule has 0 unspecified atom stereocenters. The molecule has 1 aliphatic heterocycles. The van der Waals surface area contributed by atoms with Gasteiger partial charge in [0.05, 0.1) is 15.2 Å². The lowest BCUT2D eigenvalue weighted by molar-refractivity contribution is 0.0956. The number of furan rings is 1. The Balaban J connectivity index is 1.48. The fourth-order valence-corrected chi connectivity index (χ4v) is 6.86. The van der Waals surface area contributed by atoms with Crippen molar-refractivity contribution < 1.29 is 30.4 Å². The van der Waals surface area contributed by atoms with Crippen LogP contribution in [0.3, 0.4) is 0 Å². The summed E-state index contributed by atoms with van der Waals surface area (Å²) in [7, 11) is -8.83. The van der Waals surface area contributed by atoms with Gasteiger partial charge < -0.3 is 9.32 Å². The van der Waals surface area contributed by atoms with Crippen molar-refractivity contribution >= 4 is 42.4 Å². The summed E-state index contributed by atoms with van der Waals surface area (Å²) >= 11 is 0. The maximum atomic E-state index is 14.6. The molecule has 1 saturated heterocycles. The van der Waals surface area contributed by atoms with E-state index in [2.05, 4.69) is 0 Å². The SMILES string of the molecule is O=C(NS(=O)(=O)c1ccccc1S(=O)(=O)c1ccccc1)c1cc2c(F)cc(N3CCC3)cc2o1. The Kier molecular flexibility index (Phi) is 5.60. The Hall–Kier alpha value is -3.70. The molecule has 1 N–H and O–H groups in total. The number of nitrogens with one attached hydrogen (secondary N) is 1. The van der Waals surface area contributed by atoms with Gasteiger partial charge in [-0.1, -0.05) is 30.3 Å². The third-order valence-corrected chi connectivity index (χ3v) is 9.07. The summed E-state index contributed by atoms with van der Waals surface area (Å²) in [6.45, 7) is 1.56. The number of hydrogen-bond donors (Lipinski definition) is 1. The minimum absolute atomic E-state index is 0.0314. The van der Waals surface area contributed by atoms with E-state index in [1.165, 1.54) is 42.5 Å². The van der Waals surface area contributed by atoms with Gasteiger partial charge in [-0.3, -0.25) is 4.79 Å². The topological polar surface area (TPSA) is 114 Å². The van der Waals surface area contributed by atoms with E-state index in [0.717, 1.165) is 37.7 Å². The van der Waals surface area contributed by atoms with Crippen LogP contribution in [0.2, 0.25) is 0 Å². The van der Waals surface area contributed by atoms with E-state index >= 15 is 0 Å². The maximum Gasteiger partial charge on any atom is 0.300 e. The monoisotopic (exact) mass is 514 g/mol. The zero-order valence-electron chi connectivity index (χ0n) is 18.1. The quantitative estimate of drug-likeness (QED) is 0.417. The van der Waals surface area contributed by atoms with Crippen molar-refractivity contribution in [3.05, 3.63) is 84.4 Å². The van der Waals surface area contributed by atoms with Crippen LogP contribution < -0.4 is 9.62 Å². The van der Waals surface area contributed by atoms with Gasteiger partial charge in [-0.25, -0.2) is 25.9 Å². The van der Waals surface area contributed by atoms with Crippen LogP contribution in [-0.4, -0.2) is 35.8 Å². The third-order valence-electron chi connectivity index (χ3n) is 5.73. The highest BCUT2D eigenvalue weighted by atomic mass is 32.2. The minimum atomic E-state index is -4.63. The predicted molar refractivity (Wildman–Crippen MR) is 126 cm³/mol. The van der Waals surface area contributed by atoms with Gasteiger partial charge in [-0.15, -0.1) is 0 Å². The highest BCUT2D eigenvalue weighted by Gasteiger charge is 2.30. The van der Waals surface area contributed by atoms with Gasteiger partial charge in [0.25, 0.3) is 10.0 Å². The maximum absolute atomic E-state index is 14.6. The molecular formula is C24H19FN2O6S2. The smallest absolute Gasteiger partial charge is 0.300 e. The van der Waals surface area contributed by atoms with Gasteiger partial charge in [-0.2, -0.15) is 0 Å². The van der Waals surface area contributed by atoms with Crippen LogP contribution in [0.4, 0.5) is 10.1 Å². The molecule has 0 radical (unpaired) electrons. The van der Waals surface area contributed by atoms with E-state index in [1.54, 1.807) is 12.1 Å². The second-order valence-corrected chi connectivity index (χ2v) is 11.6. The van der Waals surface area contributed by atoms with Crippen molar-refractivity contribution in [1.82, 2.24) is 4.72 Å². The molecule has 4 aromatic rings. The molecule has 1 aromatic heterocycles. The number of hydrogen-bond acceptors (Lipinski definition) is 7. The first-order valence-electron chi connectivity index (χ1n) is 10.6. The number of fused-ring (bicyclic) bond motifs is 1. The van der Waals surface area contributed by atoms with Crippen LogP contribution in [0, 0.1) is 5.82 Å². The number of halogens is 1. The summed E-state index contributed by atoms with van der Waals surface area (Å²) in [6, 6.07) is 16.3. The lowest BCUT2D eigenvalue weighted by atomic mass is 10.1. The van der Waals surface area contributed by atoms with Gasteiger partial charge in [0, 0.05) is 30.9 Å². The number of sulfone groups is 1. The van der Waals surface area contributed by atoms with Crippen LogP contribution in [0.5, 0.6) is 0 Å². The van der Waals surface area contributed by atoms with Crippen LogP contribution in [0.15, 0.2) is 91.9 Å². The molecule has 11 heteroatoms.